The van der Waals surface area contributed by atoms with Gasteiger partial charge in [0.2, 0.25) is 5.91 Å². The molecule has 290 valence electrons. The van der Waals surface area contributed by atoms with Gasteiger partial charge in [0, 0.05) is 79.4 Å². The first-order chi connectivity index (χ1) is 27.5. The molecule has 0 fully saturated rings. The molecule has 2 aliphatic heterocycles. The van der Waals surface area contributed by atoms with Crippen LogP contribution in [0.25, 0.3) is 43.1 Å². The van der Waals surface area contributed by atoms with Crippen molar-refractivity contribution in [3.05, 3.63) is 101 Å². The van der Waals surface area contributed by atoms with Gasteiger partial charge in [-0.25, -0.2) is 4.79 Å². The van der Waals surface area contributed by atoms with Gasteiger partial charge in [0.25, 0.3) is 23.6 Å². The third kappa shape index (κ3) is 6.02. The molecule has 0 saturated carbocycles. The first kappa shape index (κ1) is 38.1. The normalized spacial score (nSPS) is 14.7. The SMILES string of the molecule is CCC(CC)N1C(=O)c2ccc3c4ccc5c6c(cc(SCCC(=O)NC(Cc7ccccc7)C(=O)O)c(c7ccc(c2c37)C1=O)c64)C(=O)N(C(CC)CC)C5=O. The molecule has 10 nitrogen and oxygen atoms in total. The minimum atomic E-state index is -1.13. The van der Waals surface area contributed by atoms with E-state index in [1.807, 2.05) is 82.3 Å². The van der Waals surface area contributed by atoms with Crippen LogP contribution in [0.15, 0.2) is 77.7 Å². The molecule has 1 atom stereocenters. The van der Waals surface area contributed by atoms with Gasteiger partial charge in [0.15, 0.2) is 0 Å². The molecule has 0 spiro atoms. The molecule has 5 amide bonds. The summed E-state index contributed by atoms with van der Waals surface area (Å²) in [5, 5.41) is 18.3. The third-order valence-corrected chi connectivity index (χ3v) is 12.9. The number of amides is 5. The second-order valence-electron chi connectivity index (χ2n) is 14.9. The van der Waals surface area contributed by atoms with Crippen molar-refractivity contribution in [2.45, 2.75) is 89.2 Å². The molecule has 6 aromatic carbocycles. The zero-order valence-corrected chi connectivity index (χ0v) is 33.1. The Morgan fingerprint density at radius 3 is 1.63 bits per heavy atom. The van der Waals surface area contributed by atoms with Crippen molar-refractivity contribution in [1.82, 2.24) is 15.1 Å². The van der Waals surface area contributed by atoms with Crippen LogP contribution >= 0.6 is 11.8 Å². The summed E-state index contributed by atoms with van der Waals surface area (Å²) in [4.78, 5) is 85.8. The monoisotopic (exact) mass is 781 g/mol. The molecule has 0 radical (unpaired) electrons. The summed E-state index contributed by atoms with van der Waals surface area (Å²) in [6.45, 7) is 7.85. The summed E-state index contributed by atoms with van der Waals surface area (Å²) in [5.74, 6) is -2.66. The Labute approximate surface area is 333 Å². The lowest BCUT2D eigenvalue weighted by atomic mass is 9.81. The first-order valence-corrected chi connectivity index (χ1v) is 20.7. The lowest BCUT2D eigenvalue weighted by Gasteiger charge is -2.35. The number of carbonyl (C=O) groups is 6. The summed E-state index contributed by atoms with van der Waals surface area (Å²) >= 11 is 1.37. The minimum Gasteiger partial charge on any atom is -0.480 e. The fourth-order valence-corrected chi connectivity index (χ4v) is 10.1. The fraction of sp³-hybridized carbons (Fsp3) is 0.304. The number of carboxylic acid groups (broad SMARTS) is 1. The lowest BCUT2D eigenvalue weighted by molar-refractivity contribution is -0.141. The number of aliphatic carboxylic acids is 1. The first-order valence-electron chi connectivity index (χ1n) is 19.7. The van der Waals surface area contributed by atoms with E-state index in [2.05, 4.69) is 5.32 Å². The van der Waals surface area contributed by atoms with Crippen molar-refractivity contribution in [2.75, 3.05) is 5.75 Å². The van der Waals surface area contributed by atoms with Gasteiger partial charge in [-0.3, -0.25) is 33.8 Å². The molecule has 0 saturated heterocycles. The molecule has 57 heavy (non-hydrogen) atoms. The molecule has 2 aliphatic rings. The molecule has 2 heterocycles. The van der Waals surface area contributed by atoms with E-state index in [0.29, 0.717) is 63.6 Å². The van der Waals surface area contributed by atoms with Gasteiger partial charge < -0.3 is 10.4 Å². The van der Waals surface area contributed by atoms with E-state index in [1.165, 1.54) is 21.6 Å². The predicted octanol–water partition coefficient (Wildman–Crippen LogP) is 8.60. The second kappa shape index (κ2) is 14.9. The van der Waals surface area contributed by atoms with Crippen LogP contribution in [0.4, 0.5) is 0 Å². The van der Waals surface area contributed by atoms with Crippen LogP contribution in [-0.4, -0.2) is 74.3 Å². The van der Waals surface area contributed by atoms with Crippen LogP contribution in [0.1, 0.15) is 107 Å². The van der Waals surface area contributed by atoms with Crippen LogP contribution in [0.3, 0.4) is 0 Å². The number of thioether (sulfide) groups is 1. The second-order valence-corrected chi connectivity index (χ2v) is 16.1. The summed E-state index contributed by atoms with van der Waals surface area (Å²) in [7, 11) is 0. The Morgan fingerprint density at radius 1 is 0.614 bits per heavy atom. The fourth-order valence-electron chi connectivity index (χ4n) is 9.02. The molecule has 11 heteroatoms. The van der Waals surface area contributed by atoms with E-state index in [4.69, 9.17) is 0 Å². The maximum atomic E-state index is 14.4. The zero-order valence-electron chi connectivity index (χ0n) is 32.3. The minimum absolute atomic E-state index is 0.000803. The molecule has 8 rings (SSSR count). The van der Waals surface area contributed by atoms with Crippen molar-refractivity contribution in [3.63, 3.8) is 0 Å². The highest BCUT2D eigenvalue weighted by Crippen LogP contribution is 2.49. The maximum Gasteiger partial charge on any atom is 0.326 e. The highest BCUT2D eigenvalue weighted by molar-refractivity contribution is 7.99. The Kier molecular flexibility index (Phi) is 9.97. The van der Waals surface area contributed by atoms with E-state index >= 15 is 0 Å². The maximum absolute atomic E-state index is 14.4. The Balaban J connectivity index is 1.28. The van der Waals surface area contributed by atoms with Gasteiger partial charge in [-0.05, 0) is 77.1 Å². The number of rotatable bonds is 14. The molecule has 0 aromatic heterocycles. The molecule has 0 aliphatic carbocycles. The van der Waals surface area contributed by atoms with E-state index in [0.717, 1.165) is 37.9 Å². The predicted molar refractivity (Wildman–Crippen MR) is 222 cm³/mol. The average molecular weight is 782 g/mol. The van der Waals surface area contributed by atoms with Crippen LogP contribution in [0, 0.1) is 0 Å². The number of hydrogen-bond donors (Lipinski definition) is 2. The quantitative estimate of drug-likeness (QED) is 0.0485. The van der Waals surface area contributed by atoms with Gasteiger partial charge in [-0.2, -0.15) is 0 Å². The Bertz CT molecular complexity index is 2640. The zero-order chi connectivity index (χ0) is 40.3. The summed E-state index contributed by atoms with van der Waals surface area (Å²) in [6, 6.07) is 20.4. The molecule has 2 N–H and O–H groups in total. The number of hydrogen-bond acceptors (Lipinski definition) is 7. The summed E-state index contributed by atoms with van der Waals surface area (Å²) < 4.78 is 0. The number of carboxylic acids is 1. The molecular formula is C46H43N3O7S. The molecule has 1 unspecified atom stereocenters. The number of fused-ring (bicyclic) bond motifs is 2. The van der Waals surface area contributed by atoms with Crippen molar-refractivity contribution in [2.24, 2.45) is 0 Å². The Hall–Kier alpha value is -5.81. The largest absolute Gasteiger partial charge is 0.480 e. The van der Waals surface area contributed by atoms with Crippen LogP contribution in [-0.2, 0) is 16.0 Å². The standard InChI is InChI=1S/C46H43N3O7S/c1-5-25(6-2)48-42(51)30-17-14-27-28-15-18-32-39-33(45(54)49(44(32)53)26(7-3)8-4)23-35(40(41(28)39)29-16-19-31(43(48)52)38(30)37(27)29)57-21-20-36(50)47-34(46(55)56)22-24-12-10-9-11-13-24/h9-19,23,25-26,34H,5-8,20-22H2,1-4H3,(H,47,50)(H,55,56). The van der Waals surface area contributed by atoms with Crippen molar-refractivity contribution >= 4 is 90.4 Å². The van der Waals surface area contributed by atoms with Crippen LogP contribution in [0.5, 0.6) is 0 Å². The van der Waals surface area contributed by atoms with Gasteiger partial charge in [0.05, 0.1) is 0 Å². The topological polar surface area (TPSA) is 141 Å². The van der Waals surface area contributed by atoms with Crippen molar-refractivity contribution in [1.29, 1.82) is 0 Å². The summed E-state index contributed by atoms with van der Waals surface area (Å²) in [6.07, 6.45) is 2.62. The average Bonchev–Trinajstić information content (AvgIpc) is 3.21. The van der Waals surface area contributed by atoms with Gasteiger partial charge in [-0.15, -0.1) is 11.8 Å². The van der Waals surface area contributed by atoms with E-state index in [1.54, 1.807) is 18.2 Å². The number of imide groups is 2. The highest BCUT2D eigenvalue weighted by atomic mass is 32.2. The van der Waals surface area contributed by atoms with Gasteiger partial charge in [0.1, 0.15) is 6.04 Å². The van der Waals surface area contributed by atoms with Gasteiger partial charge >= 0.3 is 5.97 Å². The smallest absolute Gasteiger partial charge is 0.326 e. The highest BCUT2D eigenvalue weighted by Gasteiger charge is 2.40. The number of nitrogens with one attached hydrogen (secondary N) is 1. The van der Waals surface area contributed by atoms with Crippen molar-refractivity contribution in [3.8, 4) is 0 Å². The van der Waals surface area contributed by atoms with Crippen molar-refractivity contribution < 1.29 is 33.9 Å². The lowest BCUT2D eigenvalue weighted by Crippen LogP contribution is -2.46. The van der Waals surface area contributed by atoms with Gasteiger partial charge in [-0.1, -0.05) is 76.2 Å². The number of benzene rings is 6. The number of carbonyl (C=O) groups excluding carboxylic acids is 5. The third-order valence-electron chi connectivity index (χ3n) is 11.9. The van der Waals surface area contributed by atoms with E-state index in [9.17, 15) is 33.9 Å². The van der Waals surface area contributed by atoms with E-state index < -0.39 is 17.9 Å². The molecule has 0 bridgehead atoms. The van der Waals surface area contributed by atoms with Crippen LogP contribution in [0.2, 0.25) is 0 Å². The summed E-state index contributed by atoms with van der Waals surface area (Å²) in [5.41, 5.74) is 2.53. The number of nitrogens with zero attached hydrogens (tertiary/aromatic N) is 2. The Morgan fingerprint density at radius 2 is 1.11 bits per heavy atom. The molecule has 6 aromatic rings. The van der Waals surface area contributed by atoms with Crippen LogP contribution < -0.4 is 5.32 Å². The van der Waals surface area contributed by atoms with E-state index in [-0.39, 0.29) is 54.3 Å². The molecular weight excluding hydrogens is 739 g/mol.